The van der Waals surface area contributed by atoms with Crippen molar-refractivity contribution >= 4 is 33.9 Å². The molecule has 5 rings (SSSR count). The van der Waals surface area contributed by atoms with Crippen molar-refractivity contribution in [3.8, 4) is 6.01 Å². The zero-order valence-electron chi connectivity index (χ0n) is 20.5. The number of fused-ring (bicyclic) bond motifs is 2. The average Bonchev–Trinajstić information content (AvgIpc) is 2.87. The van der Waals surface area contributed by atoms with Crippen molar-refractivity contribution in [1.29, 1.82) is 0 Å². The normalized spacial score (nSPS) is 20.6. The molecule has 6 nitrogen and oxygen atoms in total. The second-order valence-electron chi connectivity index (χ2n) is 9.77. The molecule has 2 aliphatic heterocycles. The minimum Gasteiger partial charge on any atom is -0.467 e. The maximum absolute atomic E-state index is 6.64. The second kappa shape index (κ2) is 9.59. The van der Waals surface area contributed by atoms with Gasteiger partial charge in [-0.05, 0) is 36.3 Å². The molecule has 0 amide bonds. The molecule has 2 aromatic carbocycles. The zero-order valence-corrected chi connectivity index (χ0v) is 21.3. The van der Waals surface area contributed by atoms with Crippen molar-refractivity contribution in [3.05, 3.63) is 52.7 Å². The molecule has 1 N–H and O–H groups in total. The number of piperazine rings is 1. The molecule has 34 heavy (non-hydrogen) atoms. The first kappa shape index (κ1) is 23.2. The molecule has 180 valence electrons. The largest absolute Gasteiger partial charge is 0.467 e. The highest BCUT2D eigenvalue weighted by Gasteiger charge is 2.32. The van der Waals surface area contributed by atoms with Gasteiger partial charge in [0.05, 0.1) is 24.4 Å². The third-order valence-electron chi connectivity index (χ3n) is 7.28. The summed E-state index contributed by atoms with van der Waals surface area (Å²) in [7, 11) is 1.65. The molecule has 0 spiro atoms. The van der Waals surface area contributed by atoms with Gasteiger partial charge in [-0.25, -0.2) is 0 Å². The molecule has 0 saturated carbocycles. The predicted molar refractivity (Wildman–Crippen MR) is 140 cm³/mol. The number of aromatic nitrogens is 2. The Kier molecular flexibility index (Phi) is 6.54. The number of benzene rings is 2. The van der Waals surface area contributed by atoms with Crippen LogP contribution in [0.25, 0.3) is 10.8 Å². The highest BCUT2D eigenvalue weighted by Crippen LogP contribution is 2.37. The number of hydrogen-bond donors (Lipinski definition) is 1. The van der Waals surface area contributed by atoms with E-state index in [1.165, 1.54) is 5.56 Å². The lowest BCUT2D eigenvalue weighted by atomic mass is 9.97. The zero-order chi connectivity index (χ0) is 23.8. The van der Waals surface area contributed by atoms with Crippen LogP contribution in [0.2, 0.25) is 5.02 Å². The summed E-state index contributed by atoms with van der Waals surface area (Å²) in [6.45, 7) is 10.3. The molecule has 3 heterocycles. The predicted octanol–water partition coefficient (Wildman–Crippen LogP) is 5.07. The molecular formula is C27H34ClN5O. The van der Waals surface area contributed by atoms with Crippen LogP contribution in [0.15, 0.2) is 36.4 Å². The first-order valence-corrected chi connectivity index (χ1v) is 12.7. The lowest BCUT2D eigenvalue weighted by Crippen LogP contribution is -2.58. The van der Waals surface area contributed by atoms with Crippen LogP contribution in [0, 0.1) is 5.92 Å². The molecule has 1 aromatic heterocycles. The Morgan fingerprint density at radius 3 is 2.65 bits per heavy atom. The van der Waals surface area contributed by atoms with Crippen molar-refractivity contribution < 1.29 is 4.74 Å². The second-order valence-corrected chi connectivity index (χ2v) is 10.2. The highest BCUT2D eigenvalue weighted by molar-refractivity contribution is 6.36. The van der Waals surface area contributed by atoms with Crippen molar-refractivity contribution in [2.45, 2.75) is 52.2 Å². The fraction of sp³-hybridized carbons (Fsp3) is 0.481. The Balaban J connectivity index is 1.52. The van der Waals surface area contributed by atoms with E-state index < -0.39 is 0 Å². The van der Waals surface area contributed by atoms with Crippen LogP contribution >= 0.6 is 11.6 Å². The van der Waals surface area contributed by atoms with Crippen LogP contribution in [0.4, 0.5) is 11.5 Å². The first-order valence-electron chi connectivity index (χ1n) is 12.4. The summed E-state index contributed by atoms with van der Waals surface area (Å²) in [5.41, 5.74) is 3.45. The van der Waals surface area contributed by atoms with Crippen molar-refractivity contribution in [2.24, 2.45) is 5.92 Å². The number of methoxy groups -OCH3 is 1. The topological polar surface area (TPSA) is 53.5 Å². The first-order chi connectivity index (χ1) is 16.5. The van der Waals surface area contributed by atoms with Crippen molar-refractivity contribution in [2.75, 3.05) is 36.5 Å². The average molecular weight is 480 g/mol. The standard InChI is InChI=1S/C27H34ClN5O/c1-5-19-14-33(15-22(29-19)17(2)3)26-20-12-13-32(16-23(20)30-27(31-26)34-4)24-11-7-9-18-8-6-10-21(28)25(18)24/h6-11,17,19,22,29H,5,12-16H2,1-4H3/t19-,22-/m1/s1. The smallest absolute Gasteiger partial charge is 0.318 e. The van der Waals surface area contributed by atoms with E-state index in [-0.39, 0.29) is 0 Å². The number of ether oxygens (including phenoxy) is 1. The maximum Gasteiger partial charge on any atom is 0.318 e. The number of nitrogens with zero attached hydrogens (tertiary/aromatic N) is 4. The third-order valence-corrected chi connectivity index (χ3v) is 7.60. The maximum atomic E-state index is 6.64. The highest BCUT2D eigenvalue weighted by atomic mass is 35.5. The molecule has 0 radical (unpaired) electrons. The Labute approximate surface area is 207 Å². The number of hydrogen-bond acceptors (Lipinski definition) is 6. The molecule has 2 aliphatic rings. The van der Waals surface area contributed by atoms with Crippen LogP contribution in [0.5, 0.6) is 6.01 Å². The Morgan fingerprint density at radius 2 is 1.91 bits per heavy atom. The minimum absolute atomic E-state index is 0.438. The Bertz CT molecular complexity index is 1180. The summed E-state index contributed by atoms with van der Waals surface area (Å²) in [5.74, 6) is 1.60. The van der Waals surface area contributed by atoms with Crippen LogP contribution in [-0.2, 0) is 13.0 Å². The van der Waals surface area contributed by atoms with Crippen LogP contribution in [-0.4, -0.2) is 48.8 Å². The molecule has 3 aromatic rings. The molecular weight excluding hydrogens is 446 g/mol. The van der Waals surface area contributed by atoms with Crippen molar-refractivity contribution in [3.63, 3.8) is 0 Å². The van der Waals surface area contributed by atoms with Gasteiger partial charge in [-0.3, -0.25) is 0 Å². The molecule has 0 aliphatic carbocycles. The van der Waals surface area contributed by atoms with E-state index in [2.05, 4.69) is 60.2 Å². The summed E-state index contributed by atoms with van der Waals surface area (Å²) in [6.07, 6.45) is 1.99. The lowest BCUT2D eigenvalue weighted by Gasteiger charge is -2.42. The monoisotopic (exact) mass is 479 g/mol. The Morgan fingerprint density at radius 1 is 1.12 bits per heavy atom. The van der Waals surface area contributed by atoms with E-state index in [1.54, 1.807) is 7.11 Å². The van der Waals surface area contributed by atoms with E-state index in [1.807, 2.05) is 12.1 Å². The third kappa shape index (κ3) is 4.29. The number of rotatable bonds is 5. The van der Waals surface area contributed by atoms with E-state index in [0.717, 1.165) is 65.5 Å². The van der Waals surface area contributed by atoms with Gasteiger partial charge in [0, 0.05) is 48.4 Å². The number of anilines is 2. The Hall–Kier alpha value is -2.57. The number of halogens is 1. The van der Waals surface area contributed by atoms with Gasteiger partial charge in [-0.2, -0.15) is 9.97 Å². The summed E-state index contributed by atoms with van der Waals surface area (Å²) in [5, 5.41) is 6.86. The summed E-state index contributed by atoms with van der Waals surface area (Å²) in [6, 6.07) is 13.8. The molecule has 1 saturated heterocycles. The van der Waals surface area contributed by atoms with Gasteiger partial charge in [0.15, 0.2) is 0 Å². The fourth-order valence-electron chi connectivity index (χ4n) is 5.30. The van der Waals surface area contributed by atoms with Gasteiger partial charge in [0.1, 0.15) is 5.82 Å². The number of nitrogens with one attached hydrogen (secondary N) is 1. The van der Waals surface area contributed by atoms with Gasteiger partial charge >= 0.3 is 6.01 Å². The van der Waals surface area contributed by atoms with E-state index >= 15 is 0 Å². The minimum atomic E-state index is 0.438. The van der Waals surface area contributed by atoms with Gasteiger partial charge in [-0.1, -0.05) is 56.6 Å². The van der Waals surface area contributed by atoms with Gasteiger partial charge in [0.2, 0.25) is 0 Å². The molecule has 7 heteroatoms. The summed E-state index contributed by atoms with van der Waals surface area (Å²) < 4.78 is 5.57. The molecule has 0 bridgehead atoms. The van der Waals surface area contributed by atoms with Crippen LogP contribution in [0.1, 0.15) is 38.4 Å². The summed E-state index contributed by atoms with van der Waals surface area (Å²) in [4.78, 5) is 14.5. The molecule has 2 atom stereocenters. The SMILES string of the molecule is CC[C@@H]1CN(c2nc(OC)nc3c2CCN(c2cccc4cccc(Cl)c24)C3)C[C@H](C(C)C)N1. The fourth-order valence-corrected chi connectivity index (χ4v) is 5.57. The molecule has 1 fully saturated rings. The van der Waals surface area contributed by atoms with Gasteiger partial charge in [0.25, 0.3) is 0 Å². The van der Waals surface area contributed by atoms with Crippen molar-refractivity contribution in [1.82, 2.24) is 15.3 Å². The van der Waals surface area contributed by atoms with Crippen LogP contribution < -0.4 is 19.9 Å². The van der Waals surface area contributed by atoms with Gasteiger partial charge in [-0.15, -0.1) is 0 Å². The van der Waals surface area contributed by atoms with E-state index in [0.29, 0.717) is 30.6 Å². The quantitative estimate of drug-likeness (QED) is 0.551. The molecule has 0 unspecified atom stereocenters. The van der Waals surface area contributed by atoms with Gasteiger partial charge < -0.3 is 19.9 Å². The van der Waals surface area contributed by atoms with E-state index in [4.69, 9.17) is 26.3 Å². The van der Waals surface area contributed by atoms with Crippen LogP contribution in [0.3, 0.4) is 0 Å². The lowest BCUT2D eigenvalue weighted by molar-refractivity contribution is 0.303. The van der Waals surface area contributed by atoms with E-state index in [9.17, 15) is 0 Å². The summed E-state index contributed by atoms with van der Waals surface area (Å²) >= 11 is 6.64.